The molecule has 0 spiro atoms. The summed E-state index contributed by atoms with van der Waals surface area (Å²) in [6.45, 7) is 4.08. The summed E-state index contributed by atoms with van der Waals surface area (Å²) in [5.74, 6) is -1.86. The van der Waals surface area contributed by atoms with E-state index in [4.69, 9.17) is 23.7 Å². The molecule has 224 valence electrons. The molecule has 0 bridgehead atoms. The van der Waals surface area contributed by atoms with Crippen molar-refractivity contribution in [1.82, 2.24) is 5.32 Å². The van der Waals surface area contributed by atoms with Crippen molar-refractivity contribution >= 4 is 5.91 Å². The minimum absolute atomic E-state index is 0.0262. The van der Waals surface area contributed by atoms with E-state index in [9.17, 15) is 22.4 Å². The molecule has 2 aromatic carbocycles. The molecule has 2 heterocycles. The first-order valence-corrected chi connectivity index (χ1v) is 13.8. The lowest BCUT2D eigenvalue weighted by molar-refractivity contribution is -0.184. The van der Waals surface area contributed by atoms with E-state index in [1.165, 1.54) is 12.1 Å². The fourth-order valence-corrected chi connectivity index (χ4v) is 5.75. The first-order valence-electron chi connectivity index (χ1n) is 13.8. The number of rotatable bonds is 9. The van der Waals surface area contributed by atoms with Crippen LogP contribution in [0, 0.1) is 5.82 Å². The maximum Gasteiger partial charge on any atom is 0.416 e. The quantitative estimate of drug-likeness (QED) is 0.406. The van der Waals surface area contributed by atoms with Crippen LogP contribution in [-0.2, 0) is 47.9 Å². The predicted molar refractivity (Wildman–Crippen MR) is 139 cm³/mol. The predicted octanol–water partition coefficient (Wildman–Crippen LogP) is 5.29. The number of fused-ring (bicyclic) bond motifs is 1. The molecule has 5 rings (SSSR count). The zero-order chi connectivity index (χ0) is 29.3. The first-order chi connectivity index (χ1) is 19.4. The molecule has 1 aliphatic carbocycles. The lowest BCUT2D eigenvalue weighted by Gasteiger charge is -2.43. The Morgan fingerprint density at radius 3 is 2.61 bits per heavy atom. The topological polar surface area (TPSA) is 75.3 Å². The molecule has 3 fully saturated rings. The van der Waals surface area contributed by atoms with Gasteiger partial charge in [-0.05, 0) is 50.5 Å². The minimum atomic E-state index is -4.49. The third-order valence-corrected chi connectivity index (χ3v) is 7.76. The molecule has 0 aromatic heterocycles. The normalized spacial score (nSPS) is 29.3. The van der Waals surface area contributed by atoms with Crippen LogP contribution < -0.4 is 5.32 Å². The summed E-state index contributed by atoms with van der Waals surface area (Å²) in [5.41, 5.74) is -1.66. The third kappa shape index (κ3) is 7.09. The summed E-state index contributed by atoms with van der Waals surface area (Å²) in [4.78, 5) is 13.8. The van der Waals surface area contributed by atoms with Gasteiger partial charge in [0, 0.05) is 31.6 Å². The van der Waals surface area contributed by atoms with Gasteiger partial charge in [0.2, 0.25) is 0 Å². The Morgan fingerprint density at radius 1 is 1.07 bits per heavy atom. The van der Waals surface area contributed by atoms with Crippen molar-refractivity contribution in [2.45, 2.75) is 94.7 Å². The minimum Gasteiger partial charge on any atom is -0.376 e. The van der Waals surface area contributed by atoms with Gasteiger partial charge < -0.3 is 29.0 Å². The highest BCUT2D eigenvalue weighted by Gasteiger charge is 2.58. The van der Waals surface area contributed by atoms with Gasteiger partial charge in [-0.2, -0.15) is 13.2 Å². The highest BCUT2D eigenvalue weighted by Crippen LogP contribution is 2.44. The average molecular weight is 582 g/mol. The molecule has 1 saturated carbocycles. The van der Waals surface area contributed by atoms with Gasteiger partial charge in [-0.25, -0.2) is 4.39 Å². The van der Waals surface area contributed by atoms with Crippen LogP contribution in [0.3, 0.4) is 0 Å². The monoisotopic (exact) mass is 581 g/mol. The van der Waals surface area contributed by atoms with E-state index in [1.54, 1.807) is 38.1 Å². The Hall–Kier alpha value is -2.57. The van der Waals surface area contributed by atoms with Crippen LogP contribution in [0.2, 0.25) is 0 Å². The molecule has 2 aromatic rings. The maximum absolute atomic E-state index is 14.5. The zero-order valence-electron chi connectivity index (χ0n) is 23.0. The van der Waals surface area contributed by atoms with Crippen LogP contribution in [0.4, 0.5) is 17.6 Å². The van der Waals surface area contributed by atoms with E-state index in [2.05, 4.69) is 5.32 Å². The number of carbonyl (C=O) groups is 1. The Morgan fingerprint density at radius 2 is 1.88 bits per heavy atom. The fraction of sp³-hybridized carbons (Fsp3) is 0.567. The summed E-state index contributed by atoms with van der Waals surface area (Å²) in [5, 5.41) is 2.95. The van der Waals surface area contributed by atoms with Gasteiger partial charge in [-0.1, -0.05) is 30.3 Å². The molecule has 2 saturated heterocycles. The molecule has 0 unspecified atom stereocenters. The van der Waals surface area contributed by atoms with Gasteiger partial charge in [-0.15, -0.1) is 0 Å². The molecule has 1 N–H and O–H groups in total. The standard InChI is InChI=1S/C30H35F4NO6/c1-28(2)40-25-15-29(27(36)35-16-22-10-6-12-37-22,39-18-20-8-3-4-11-23(20)31)14-24(26(25)41-28)38-17-19-7-5-9-21(13-19)30(32,33)34/h3-5,7-9,11,13,22,24-26H,6,10,12,14-18H2,1-2H3,(H,35,36)/t22-,24-,25+,26-,29+/m0/s1. The second-order valence-corrected chi connectivity index (χ2v) is 11.3. The number of benzene rings is 2. The number of halogens is 4. The van der Waals surface area contributed by atoms with Crippen molar-refractivity contribution in [2.24, 2.45) is 0 Å². The fourth-order valence-electron chi connectivity index (χ4n) is 5.75. The summed E-state index contributed by atoms with van der Waals surface area (Å²) in [7, 11) is 0. The highest BCUT2D eigenvalue weighted by atomic mass is 19.4. The summed E-state index contributed by atoms with van der Waals surface area (Å²) in [6.07, 6.45) is -4.70. The van der Waals surface area contributed by atoms with E-state index in [1.807, 2.05) is 0 Å². The van der Waals surface area contributed by atoms with Gasteiger partial charge in [0.05, 0.1) is 37.1 Å². The largest absolute Gasteiger partial charge is 0.416 e. The van der Waals surface area contributed by atoms with Crippen LogP contribution in [0.15, 0.2) is 48.5 Å². The van der Waals surface area contributed by atoms with Crippen molar-refractivity contribution in [2.75, 3.05) is 13.2 Å². The van der Waals surface area contributed by atoms with E-state index < -0.39 is 53.2 Å². The molecular weight excluding hydrogens is 546 g/mol. The van der Waals surface area contributed by atoms with Gasteiger partial charge >= 0.3 is 6.18 Å². The van der Waals surface area contributed by atoms with Crippen molar-refractivity contribution < 1.29 is 46.0 Å². The van der Waals surface area contributed by atoms with Gasteiger partial charge in [0.1, 0.15) is 11.9 Å². The molecule has 1 amide bonds. The molecule has 41 heavy (non-hydrogen) atoms. The Balaban J connectivity index is 1.40. The molecular formula is C30H35F4NO6. The van der Waals surface area contributed by atoms with Crippen LogP contribution in [0.25, 0.3) is 0 Å². The second-order valence-electron chi connectivity index (χ2n) is 11.3. The van der Waals surface area contributed by atoms with Crippen LogP contribution in [-0.4, -0.2) is 54.9 Å². The first kappa shape index (κ1) is 29.9. The average Bonchev–Trinajstić information content (AvgIpc) is 3.56. The lowest BCUT2D eigenvalue weighted by Crippen LogP contribution is -2.60. The van der Waals surface area contributed by atoms with Crippen molar-refractivity contribution in [3.63, 3.8) is 0 Å². The van der Waals surface area contributed by atoms with Crippen molar-refractivity contribution in [3.8, 4) is 0 Å². The number of nitrogens with one attached hydrogen (secondary N) is 1. The van der Waals surface area contributed by atoms with E-state index >= 15 is 0 Å². The molecule has 5 atom stereocenters. The summed E-state index contributed by atoms with van der Waals surface area (Å²) >= 11 is 0. The van der Waals surface area contributed by atoms with E-state index in [0.29, 0.717) is 12.2 Å². The van der Waals surface area contributed by atoms with Crippen molar-refractivity contribution in [3.05, 3.63) is 71.0 Å². The Kier molecular flexibility index (Phi) is 8.73. The van der Waals surface area contributed by atoms with E-state index in [0.717, 1.165) is 25.0 Å². The van der Waals surface area contributed by atoms with Crippen molar-refractivity contribution in [1.29, 1.82) is 0 Å². The van der Waals surface area contributed by atoms with Gasteiger partial charge in [-0.3, -0.25) is 4.79 Å². The molecule has 3 aliphatic rings. The Labute approximate surface area is 236 Å². The second kappa shape index (κ2) is 12.0. The Bertz CT molecular complexity index is 1220. The zero-order valence-corrected chi connectivity index (χ0v) is 23.0. The van der Waals surface area contributed by atoms with Gasteiger partial charge in [0.25, 0.3) is 5.91 Å². The maximum atomic E-state index is 14.5. The lowest BCUT2D eigenvalue weighted by atomic mass is 9.78. The van der Waals surface area contributed by atoms with E-state index in [-0.39, 0.29) is 44.3 Å². The van der Waals surface area contributed by atoms with Crippen LogP contribution >= 0.6 is 0 Å². The highest BCUT2D eigenvalue weighted by molar-refractivity contribution is 5.85. The third-order valence-electron chi connectivity index (χ3n) is 7.76. The SMILES string of the molecule is CC1(C)O[C@H]2[C@@H](OCc3cccc(C(F)(F)F)c3)C[C@](OCc3ccccc3F)(C(=O)NC[C@@H]3CCCO3)C[C@H]2O1. The number of hydrogen-bond donors (Lipinski definition) is 1. The number of ether oxygens (including phenoxy) is 5. The van der Waals surface area contributed by atoms with Crippen LogP contribution in [0.5, 0.6) is 0 Å². The smallest absolute Gasteiger partial charge is 0.376 e. The molecule has 11 heteroatoms. The number of hydrogen-bond acceptors (Lipinski definition) is 6. The number of amides is 1. The number of carbonyl (C=O) groups excluding carboxylic acids is 1. The molecule has 7 nitrogen and oxygen atoms in total. The molecule has 0 radical (unpaired) electrons. The van der Waals surface area contributed by atoms with Crippen LogP contribution in [0.1, 0.15) is 56.2 Å². The van der Waals surface area contributed by atoms with Gasteiger partial charge in [0.15, 0.2) is 11.4 Å². The summed E-state index contributed by atoms with van der Waals surface area (Å²) < 4.78 is 84.7. The number of alkyl halides is 3. The molecule has 2 aliphatic heterocycles. The summed E-state index contributed by atoms with van der Waals surface area (Å²) in [6, 6.07) is 11.0.